The zero-order chi connectivity index (χ0) is 20.5. The van der Waals surface area contributed by atoms with Crippen LogP contribution in [-0.2, 0) is 6.54 Å². The summed E-state index contributed by atoms with van der Waals surface area (Å²) in [5.74, 6) is 0.840. The number of benzene rings is 2. The summed E-state index contributed by atoms with van der Waals surface area (Å²) < 4.78 is 5.62. The smallest absolute Gasteiger partial charge is 0.407 e. The highest BCUT2D eigenvalue weighted by Gasteiger charge is 2.29. The van der Waals surface area contributed by atoms with E-state index in [-0.39, 0.29) is 6.04 Å². The van der Waals surface area contributed by atoms with Crippen LogP contribution in [0.25, 0.3) is 21.7 Å². The molecular weight excluding hydrogens is 378 g/mol. The second-order valence-corrected chi connectivity index (χ2v) is 7.78. The summed E-state index contributed by atoms with van der Waals surface area (Å²) in [6, 6.07) is 18.2. The molecule has 152 valence electrons. The van der Waals surface area contributed by atoms with E-state index in [0.717, 1.165) is 59.1 Å². The minimum Gasteiger partial charge on any atom is -0.465 e. The number of rotatable bonds is 4. The minimum atomic E-state index is -0.868. The van der Waals surface area contributed by atoms with E-state index in [9.17, 15) is 9.90 Å². The Morgan fingerprint density at radius 3 is 2.67 bits per heavy atom. The molecule has 0 aliphatic carbocycles. The molecule has 1 saturated heterocycles. The first kappa shape index (κ1) is 18.5. The highest BCUT2D eigenvalue weighted by Crippen LogP contribution is 2.29. The van der Waals surface area contributed by atoms with Gasteiger partial charge in [0.25, 0.3) is 0 Å². The molecule has 1 fully saturated rings. The van der Waals surface area contributed by atoms with Crippen molar-refractivity contribution < 1.29 is 14.3 Å². The molecule has 0 spiro atoms. The molecule has 6 heteroatoms. The highest BCUT2D eigenvalue weighted by molar-refractivity contribution is 5.87. The van der Waals surface area contributed by atoms with Gasteiger partial charge in [-0.05, 0) is 47.4 Å². The van der Waals surface area contributed by atoms with Gasteiger partial charge in [-0.1, -0.05) is 36.4 Å². The molecule has 1 N–H and O–H groups in total. The number of anilines is 1. The molecule has 0 bridgehead atoms. The first-order valence-electron chi connectivity index (χ1n) is 10.2. The third kappa shape index (κ3) is 3.45. The van der Waals surface area contributed by atoms with Gasteiger partial charge >= 0.3 is 6.09 Å². The largest absolute Gasteiger partial charge is 0.465 e. The van der Waals surface area contributed by atoms with E-state index in [1.165, 1.54) is 0 Å². The van der Waals surface area contributed by atoms with Gasteiger partial charge in [0.05, 0.1) is 6.26 Å². The summed E-state index contributed by atoms with van der Waals surface area (Å²) in [6.45, 7) is 1.90. The summed E-state index contributed by atoms with van der Waals surface area (Å²) in [7, 11) is 0. The van der Waals surface area contributed by atoms with Crippen molar-refractivity contribution in [1.29, 1.82) is 0 Å². The molecule has 0 saturated carbocycles. The lowest BCUT2D eigenvalue weighted by Crippen LogP contribution is -2.46. The zero-order valence-electron chi connectivity index (χ0n) is 16.6. The standard InChI is InChI=1S/C24H23N3O3/c28-24(29)27(16-17-5-6-18-3-1-2-4-20(18)15-17)21-8-12-26(13-9-21)23-22-19(7-11-25-23)10-14-30-22/h1-7,10-11,14-15,21H,8-9,12-13,16H2,(H,28,29). The van der Waals surface area contributed by atoms with E-state index in [1.807, 2.05) is 30.3 Å². The number of furan rings is 1. The fourth-order valence-corrected chi connectivity index (χ4v) is 4.38. The molecule has 4 aromatic rings. The first-order chi connectivity index (χ1) is 14.7. The van der Waals surface area contributed by atoms with Crippen molar-refractivity contribution in [2.24, 2.45) is 0 Å². The fraction of sp³-hybridized carbons (Fsp3) is 0.250. The lowest BCUT2D eigenvalue weighted by atomic mass is 10.0. The third-order valence-electron chi connectivity index (χ3n) is 5.97. The number of aromatic nitrogens is 1. The molecule has 30 heavy (non-hydrogen) atoms. The summed E-state index contributed by atoms with van der Waals surface area (Å²) in [6.07, 6.45) is 4.13. The zero-order valence-corrected chi connectivity index (χ0v) is 16.6. The van der Waals surface area contributed by atoms with Gasteiger partial charge in [-0.2, -0.15) is 0 Å². The Labute approximate surface area is 174 Å². The van der Waals surface area contributed by atoms with Crippen LogP contribution >= 0.6 is 0 Å². The Morgan fingerprint density at radius 2 is 1.87 bits per heavy atom. The number of nitrogens with zero attached hydrogens (tertiary/aromatic N) is 3. The predicted octanol–water partition coefficient (Wildman–Crippen LogP) is 5.13. The van der Waals surface area contributed by atoms with Crippen LogP contribution in [0.3, 0.4) is 0 Å². The van der Waals surface area contributed by atoms with Gasteiger partial charge in [-0.15, -0.1) is 0 Å². The molecule has 3 heterocycles. The average molecular weight is 401 g/mol. The van der Waals surface area contributed by atoms with E-state index in [1.54, 1.807) is 17.4 Å². The van der Waals surface area contributed by atoms with Crippen LogP contribution in [0.4, 0.5) is 10.6 Å². The molecule has 6 nitrogen and oxygen atoms in total. The number of hydrogen-bond donors (Lipinski definition) is 1. The Kier molecular flexibility index (Phi) is 4.75. The Morgan fingerprint density at radius 1 is 1.07 bits per heavy atom. The van der Waals surface area contributed by atoms with Gasteiger partial charge in [-0.25, -0.2) is 9.78 Å². The molecule has 1 amide bonds. The van der Waals surface area contributed by atoms with Crippen molar-refractivity contribution in [3.8, 4) is 0 Å². The van der Waals surface area contributed by atoms with Gasteiger partial charge in [0, 0.05) is 37.3 Å². The number of carbonyl (C=O) groups is 1. The number of fused-ring (bicyclic) bond motifs is 2. The third-order valence-corrected chi connectivity index (χ3v) is 5.97. The summed E-state index contributed by atoms with van der Waals surface area (Å²) in [5.41, 5.74) is 1.81. The normalized spacial score (nSPS) is 15.0. The minimum absolute atomic E-state index is 0.0129. The quantitative estimate of drug-likeness (QED) is 0.513. The molecule has 1 aliphatic heterocycles. The average Bonchev–Trinajstić information content (AvgIpc) is 3.26. The molecule has 0 unspecified atom stereocenters. The second-order valence-electron chi connectivity index (χ2n) is 7.78. The number of carboxylic acid groups (broad SMARTS) is 1. The molecule has 2 aromatic carbocycles. The van der Waals surface area contributed by atoms with E-state index in [0.29, 0.717) is 6.54 Å². The highest BCUT2D eigenvalue weighted by atomic mass is 16.4. The van der Waals surface area contributed by atoms with Gasteiger partial charge in [-0.3, -0.25) is 0 Å². The van der Waals surface area contributed by atoms with Crippen LogP contribution < -0.4 is 4.90 Å². The van der Waals surface area contributed by atoms with E-state index < -0.39 is 6.09 Å². The maximum atomic E-state index is 12.0. The fourth-order valence-electron chi connectivity index (χ4n) is 4.38. The summed E-state index contributed by atoms with van der Waals surface area (Å²) in [5, 5.41) is 13.2. The molecule has 0 atom stereocenters. The number of hydrogen-bond acceptors (Lipinski definition) is 4. The van der Waals surface area contributed by atoms with Crippen LogP contribution in [0, 0.1) is 0 Å². The molecule has 5 rings (SSSR count). The summed E-state index contributed by atoms with van der Waals surface area (Å²) in [4.78, 5) is 20.3. The van der Waals surface area contributed by atoms with E-state index in [4.69, 9.17) is 4.42 Å². The SMILES string of the molecule is O=C(O)N(Cc1ccc2ccccc2c1)C1CCN(c2nccc3ccoc23)CC1. The van der Waals surface area contributed by atoms with Gasteiger partial charge < -0.3 is 19.3 Å². The van der Waals surface area contributed by atoms with Crippen LogP contribution in [-0.4, -0.2) is 40.2 Å². The Hall–Kier alpha value is -3.54. The Bertz CT molecular complexity index is 1190. The van der Waals surface area contributed by atoms with Crippen molar-refractivity contribution >= 4 is 33.7 Å². The lowest BCUT2D eigenvalue weighted by Gasteiger charge is -2.37. The Balaban J connectivity index is 1.31. The molecule has 0 radical (unpaired) electrons. The molecular formula is C24H23N3O3. The van der Waals surface area contributed by atoms with E-state index >= 15 is 0 Å². The monoisotopic (exact) mass is 401 g/mol. The van der Waals surface area contributed by atoms with Crippen LogP contribution in [0.1, 0.15) is 18.4 Å². The van der Waals surface area contributed by atoms with E-state index in [2.05, 4.69) is 34.1 Å². The van der Waals surface area contributed by atoms with Crippen LogP contribution in [0.2, 0.25) is 0 Å². The maximum absolute atomic E-state index is 12.0. The van der Waals surface area contributed by atoms with Gasteiger partial charge in [0.2, 0.25) is 0 Å². The number of amides is 1. The van der Waals surface area contributed by atoms with Crippen molar-refractivity contribution in [3.63, 3.8) is 0 Å². The van der Waals surface area contributed by atoms with Crippen LogP contribution in [0.15, 0.2) is 71.5 Å². The number of pyridine rings is 1. The van der Waals surface area contributed by atoms with Crippen LogP contribution in [0.5, 0.6) is 0 Å². The lowest BCUT2D eigenvalue weighted by molar-refractivity contribution is 0.111. The maximum Gasteiger partial charge on any atom is 0.407 e. The topological polar surface area (TPSA) is 69.8 Å². The predicted molar refractivity (Wildman–Crippen MR) is 117 cm³/mol. The van der Waals surface area contributed by atoms with Crippen molar-refractivity contribution in [2.45, 2.75) is 25.4 Å². The molecule has 2 aromatic heterocycles. The van der Waals surface area contributed by atoms with Crippen molar-refractivity contribution in [3.05, 3.63) is 72.6 Å². The van der Waals surface area contributed by atoms with Gasteiger partial charge in [0.15, 0.2) is 11.4 Å². The first-order valence-corrected chi connectivity index (χ1v) is 10.2. The second kappa shape index (κ2) is 7.71. The van der Waals surface area contributed by atoms with Crippen molar-refractivity contribution in [2.75, 3.05) is 18.0 Å². The number of piperidine rings is 1. The van der Waals surface area contributed by atoms with Gasteiger partial charge in [0.1, 0.15) is 0 Å². The molecule has 1 aliphatic rings. The summed E-state index contributed by atoms with van der Waals surface area (Å²) >= 11 is 0. The van der Waals surface area contributed by atoms with Crippen molar-refractivity contribution in [1.82, 2.24) is 9.88 Å².